The van der Waals surface area contributed by atoms with Crippen LogP contribution in [0.15, 0.2) is 53.7 Å². The van der Waals surface area contributed by atoms with Crippen LogP contribution in [0.1, 0.15) is 17.3 Å². The van der Waals surface area contributed by atoms with Crippen LogP contribution < -0.4 is 4.31 Å². The topological polar surface area (TPSA) is 87.6 Å². The Morgan fingerprint density at radius 2 is 1.86 bits per heavy atom. The number of hydrogen-bond acceptors (Lipinski definition) is 4. The number of rotatable bonds is 5. The maximum absolute atomic E-state index is 12.6. The molecule has 0 spiro atoms. The Labute approximate surface area is 122 Å². The third-order valence-corrected chi connectivity index (χ3v) is 4.69. The summed E-state index contributed by atoms with van der Waals surface area (Å²) in [5, 5.41) is 8.63. The summed E-state index contributed by atoms with van der Waals surface area (Å²) in [4.78, 5) is 14.5. The van der Waals surface area contributed by atoms with Gasteiger partial charge in [0.1, 0.15) is 0 Å². The lowest BCUT2D eigenvalue weighted by Crippen LogP contribution is -2.31. The van der Waals surface area contributed by atoms with Gasteiger partial charge in [-0.3, -0.25) is 4.31 Å². The summed E-state index contributed by atoms with van der Waals surface area (Å²) in [6.07, 6.45) is 1.04. The molecule has 110 valence electrons. The Bertz CT molecular complexity index is 727. The number of nitrogens with zero attached hydrogens (tertiary/aromatic N) is 2. The molecule has 1 aromatic carbocycles. The maximum Gasteiger partial charge on any atom is 0.337 e. The first-order chi connectivity index (χ1) is 9.96. The van der Waals surface area contributed by atoms with Crippen molar-refractivity contribution in [3.05, 3.63) is 54.2 Å². The molecule has 0 saturated heterocycles. The summed E-state index contributed by atoms with van der Waals surface area (Å²) >= 11 is 0. The number of anilines is 1. The quantitative estimate of drug-likeness (QED) is 0.912. The van der Waals surface area contributed by atoms with Crippen molar-refractivity contribution in [2.75, 3.05) is 10.8 Å². The summed E-state index contributed by atoms with van der Waals surface area (Å²) in [6.45, 7) is 1.96. The lowest BCUT2D eigenvalue weighted by Gasteiger charge is -2.22. The zero-order valence-corrected chi connectivity index (χ0v) is 12.1. The second kappa shape index (κ2) is 5.92. The van der Waals surface area contributed by atoms with E-state index in [1.165, 1.54) is 16.4 Å². The van der Waals surface area contributed by atoms with E-state index in [1.54, 1.807) is 37.3 Å². The van der Waals surface area contributed by atoms with E-state index in [0.717, 1.165) is 6.20 Å². The van der Waals surface area contributed by atoms with Crippen molar-refractivity contribution >= 4 is 21.7 Å². The first-order valence-corrected chi connectivity index (χ1v) is 7.68. The summed E-state index contributed by atoms with van der Waals surface area (Å²) in [5.41, 5.74) is 0.473. The molecule has 0 aliphatic heterocycles. The highest BCUT2D eigenvalue weighted by Crippen LogP contribution is 2.21. The van der Waals surface area contributed by atoms with Gasteiger partial charge in [-0.1, -0.05) is 18.2 Å². The van der Waals surface area contributed by atoms with Gasteiger partial charge in [0.05, 0.1) is 11.3 Å². The molecular weight excluding hydrogens is 292 g/mol. The first kappa shape index (κ1) is 15.0. The highest BCUT2D eigenvalue weighted by Gasteiger charge is 2.25. The van der Waals surface area contributed by atoms with Gasteiger partial charge in [0.25, 0.3) is 10.0 Å². The number of pyridine rings is 1. The lowest BCUT2D eigenvalue weighted by molar-refractivity contribution is 0.0696. The molecule has 7 heteroatoms. The Kier molecular flexibility index (Phi) is 4.23. The third kappa shape index (κ3) is 3.03. The van der Waals surface area contributed by atoms with E-state index in [1.807, 2.05) is 0 Å². The molecule has 21 heavy (non-hydrogen) atoms. The van der Waals surface area contributed by atoms with Crippen molar-refractivity contribution in [3.8, 4) is 0 Å². The van der Waals surface area contributed by atoms with Gasteiger partial charge in [-0.25, -0.2) is 9.78 Å². The van der Waals surface area contributed by atoms with E-state index in [4.69, 9.17) is 5.11 Å². The van der Waals surface area contributed by atoms with Crippen LogP contribution in [0.2, 0.25) is 0 Å². The first-order valence-electron chi connectivity index (χ1n) is 6.24. The third-order valence-electron chi connectivity index (χ3n) is 2.87. The highest BCUT2D eigenvalue weighted by molar-refractivity contribution is 7.92. The van der Waals surface area contributed by atoms with Gasteiger partial charge < -0.3 is 5.11 Å². The molecule has 0 bridgehead atoms. The predicted molar refractivity (Wildman–Crippen MR) is 77.8 cm³/mol. The average Bonchev–Trinajstić information content (AvgIpc) is 2.49. The number of benzene rings is 1. The predicted octanol–water partition coefficient (Wildman–Crippen LogP) is 2.00. The van der Waals surface area contributed by atoms with Crippen molar-refractivity contribution in [1.82, 2.24) is 4.98 Å². The van der Waals surface area contributed by atoms with E-state index >= 15 is 0 Å². The van der Waals surface area contributed by atoms with Crippen LogP contribution in [0.4, 0.5) is 5.69 Å². The molecule has 0 fully saturated rings. The fourth-order valence-electron chi connectivity index (χ4n) is 1.86. The summed E-state index contributed by atoms with van der Waals surface area (Å²) < 4.78 is 26.3. The number of hydrogen-bond donors (Lipinski definition) is 1. The second-order valence-electron chi connectivity index (χ2n) is 4.20. The molecular formula is C14H14N2O4S. The Balaban J connectivity index is 2.42. The fourth-order valence-corrected chi connectivity index (χ4v) is 3.25. The Morgan fingerprint density at radius 1 is 1.19 bits per heavy atom. The minimum absolute atomic E-state index is 0.0586. The van der Waals surface area contributed by atoms with Crippen LogP contribution in [0.25, 0.3) is 0 Å². The smallest absolute Gasteiger partial charge is 0.337 e. The minimum Gasteiger partial charge on any atom is -0.478 e. The van der Waals surface area contributed by atoms with Crippen molar-refractivity contribution in [2.24, 2.45) is 0 Å². The molecule has 1 heterocycles. The molecule has 6 nitrogen and oxygen atoms in total. The summed E-state index contributed by atoms with van der Waals surface area (Å²) in [6, 6.07) is 11.1. The molecule has 0 radical (unpaired) electrons. The van der Waals surface area contributed by atoms with Gasteiger partial charge in [0, 0.05) is 12.7 Å². The molecule has 0 saturated carbocycles. The van der Waals surface area contributed by atoms with Gasteiger partial charge in [-0.05, 0) is 31.2 Å². The van der Waals surface area contributed by atoms with Gasteiger partial charge in [-0.15, -0.1) is 0 Å². The number of aromatic nitrogens is 1. The van der Waals surface area contributed by atoms with Gasteiger partial charge >= 0.3 is 5.97 Å². The molecule has 0 aliphatic rings. The van der Waals surface area contributed by atoms with Crippen LogP contribution >= 0.6 is 0 Å². The monoisotopic (exact) mass is 306 g/mol. The maximum atomic E-state index is 12.6. The molecule has 2 rings (SSSR count). The van der Waals surface area contributed by atoms with Crippen molar-refractivity contribution in [3.63, 3.8) is 0 Å². The number of carboxylic acid groups (broad SMARTS) is 1. The highest BCUT2D eigenvalue weighted by atomic mass is 32.2. The molecule has 2 aromatic rings. The van der Waals surface area contributed by atoms with E-state index in [0.29, 0.717) is 5.69 Å². The van der Waals surface area contributed by atoms with E-state index in [9.17, 15) is 13.2 Å². The number of para-hydroxylation sites is 1. The van der Waals surface area contributed by atoms with Gasteiger partial charge in [0.2, 0.25) is 0 Å². The van der Waals surface area contributed by atoms with Crippen LogP contribution in [-0.2, 0) is 10.0 Å². The van der Waals surface area contributed by atoms with Crippen LogP contribution in [-0.4, -0.2) is 31.0 Å². The zero-order valence-electron chi connectivity index (χ0n) is 11.3. The lowest BCUT2D eigenvalue weighted by atomic mass is 10.3. The van der Waals surface area contributed by atoms with E-state index < -0.39 is 16.0 Å². The fraction of sp³-hybridized carbons (Fsp3) is 0.143. The number of sulfonamides is 1. The van der Waals surface area contributed by atoms with Crippen molar-refractivity contribution < 1.29 is 18.3 Å². The molecule has 0 amide bonds. The SMILES string of the molecule is CCN(c1ccccc1)S(=O)(=O)c1ccc(C(=O)O)cn1. The zero-order chi connectivity index (χ0) is 15.5. The summed E-state index contributed by atoms with van der Waals surface area (Å²) in [7, 11) is -3.82. The molecule has 0 aliphatic carbocycles. The van der Waals surface area contributed by atoms with Crippen LogP contribution in [0.3, 0.4) is 0 Å². The summed E-state index contributed by atoms with van der Waals surface area (Å²) in [5.74, 6) is -1.15. The number of aromatic carboxylic acids is 1. The molecule has 1 aromatic heterocycles. The average molecular weight is 306 g/mol. The minimum atomic E-state index is -3.82. The largest absolute Gasteiger partial charge is 0.478 e. The second-order valence-corrected chi connectivity index (χ2v) is 6.00. The standard InChI is InChI=1S/C14H14N2O4S/c1-2-16(12-6-4-3-5-7-12)21(19,20)13-9-8-11(10-15-13)14(17)18/h3-10H,2H2,1H3,(H,17,18). The normalized spacial score (nSPS) is 11.1. The van der Waals surface area contributed by atoms with Crippen molar-refractivity contribution in [2.45, 2.75) is 11.9 Å². The molecule has 0 atom stereocenters. The van der Waals surface area contributed by atoms with Crippen molar-refractivity contribution in [1.29, 1.82) is 0 Å². The number of carbonyl (C=O) groups is 1. The Morgan fingerprint density at radius 3 is 2.33 bits per heavy atom. The van der Waals surface area contributed by atoms with Gasteiger partial charge in [0.15, 0.2) is 5.03 Å². The molecule has 0 unspecified atom stereocenters. The Hall–Kier alpha value is -2.41. The van der Waals surface area contributed by atoms with Gasteiger partial charge in [-0.2, -0.15) is 8.42 Å². The van der Waals surface area contributed by atoms with E-state index in [2.05, 4.69) is 4.98 Å². The van der Waals surface area contributed by atoms with Crippen LogP contribution in [0.5, 0.6) is 0 Å². The number of carboxylic acids is 1. The molecule has 1 N–H and O–H groups in total. The van der Waals surface area contributed by atoms with E-state index in [-0.39, 0.29) is 17.1 Å². The van der Waals surface area contributed by atoms with Crippen LogP contribution in [0, 0.1) is 0 Å².